The molecule has 2 aromatic rings. The molecule has 1 aliphatic rings. The molecule has 0 N–H and O–H groups in total. The lowest BCUT2D eigenvalue weighted by Gasteiger charge is -2.24. The van der Waals surface area contributed by atoms with E-state index in [1.165, 1.54) is 10.9 Å². The Morgan fingerprint density at radius 2 is 2.19 bits per heavy atom. The summed E-state index contributed by atoms with van der Waals surface area (Å²) in [7, 11) is 0. The lowest BCUT2D eigenvalue weighted by atomic mass is 10.1. The van der Waals surface area contributed by atoms with Gasteiger partial charge in [-0.1, -0.05) is 18.2 Å². The van der Waals surface area contributed by atoms with Crippen LogP contribution in [-0.4, -0.2) is 24.2 Å². The van der Waals surface area contributed by atoms with Gasteiger partial charge in [0.25, 0.3) is 0 Å². The normalized spacial score (nSPS) is 18.5. The quantitative estimate of drug-likeness (QED) is 0.798. The monoisotopic (exact) mass is 305 g/mol. The predicted octanol–water partition coefficient (Wildman–Crippen LogP) is 4.07. The van der Waals surface area contributed by atoms with Crippen molar-refractivity contribution in [1.82, 2.24) is 4.90 Å². The van der Waals surface area contributed by atoms with Crippen LogP contribution in [0.4, 0.5) is 4.39 Å². The molecule has 1 aromatic heterocycles. The molecule has 1 fully saturated rings. The van der Waals surface area contributed by atoms with Gasteiger partial charge in [0.2, 0.25) is 0 Å². The molecule has 0 radical (unpaired) electrons. The number of thiophene rings is 1. The van der Waals surface area contributed by atoms with Crippen LogP contribution in [0.3, 0.4) is 0 Å². The molecular formula is C17H20FNOS. The van der Waals surface area contributed by atoms with Gasteiger partial charge in [-0.3, -0.25) is 4.90 Å². The molecule has 0 amide bonds. The second-order valence-electron chi connectivity index (χ2n) is 5.51. The SMILES string of the molecule is Fc1cccc(CN(Cc2cccs2)CC2CCCO2)c1. The number of nitrogens with zero attached hydrogens (tertiary/aromatic N) is 1. The number of ether oxygens (including phenoxy) is 1. The highest BCUT2D eigenvalue weighted by Crippen LogP contribution is 2.19. The highest BCUT2D eigenvalue weighted by molar-refractivity contribution is 7.09. The molecule has 0 bridgehead atoms. The van der Waals surface area contributed by atoms with E-state index in [1.54, 1.807) is 23.5 Å². The van der Waals surface area contributed by atoms with E-state index >= 15 is 0 Å². The van der Waals surface area contributed by atoms with Crippen molar-refractivity contribution in [2.45, 2.75) is 32.0 Å². The van der Waals surface area contributed by atoms with E-state index in [-0.39, 0.29) is 5.82 Å². The summed E-state index contributed by atoms with van der Waals surface area (Å²) in [6.45, 7) is 3.44. The average Bonchev–Trinajstić information content (AvgIpc) is 3.12. The minimum atomic E-state index is -0.166. The summed E-state index contributed by atoms with van der Waals surface area (Å²) < 4.78 is 19.1. The first kappa shape index (κ1) is 14.7. The summed E-state index contributed by atoms with van der Waals surface area (Å²) in [5, 5.41) is 2.10. The van der Waals surface area contributed by atoms with Crippen molar-refractivity contribution in [1.29, 1.82) is 0 Å². The van der Waals surface area contributed by atoms with E-state index in [9.17, 15) is 4.39 Å². The lowest BCUT2D eigenvalue weighted by Crippen LogP contribution is -2.31. The summed E-state index contributed by atoms with van der Waals surface area (Å²) in [6.07, 6.45) is 2.60. The third-order valence-electron chi connectivity index (χ3n) is 3.74. The number of rotatable bonds is 6. The van der Waals surface area contributed by atoms with Crippen LogP contribution in [0.15, 0.2) is 41.8 Å². The standard InChI is InChI=1S/C17H20FNOS/c18-15-5-1-4-14(10-15)11-19(12-16-6-2-8-20-16)13-17-7-3-9-21-17/h1,3-5,7,9-10,16H,2,6,8,11-13H2. The molecular weight excluding hydrogens is 285 g/mol. The van der Waals surface area contributed by atoms with E-state index in [0.717, 1.165) is 44.6 Å². The van der Waals surface area contributed by atoms with Gasteiger partial charge in [-0.25, -0.2) is 4.39 Å². The van der Waals surface area contributed by atoms with Crippen LogP contribution in [0.25, 0.3) is 0 Å². The fraction of sp³-hybridized carbons (Fsp3) is 0.412. The summed E-state index contributed by atoms with van der Waals surface area (Å²) in [5.41, 5.74) is 1.02. The van der Waals surface area contributed by atoms with Crippen molar-refractivity contribution in [2.75, 3.05) is 13.2 Å². The van der Waals surface area contributed by atoms with E-state index in [2.05, 4.69) is 22.4 Å². The van der Waals surface area contributed by atoms with E-state index < -0.39 is 0 Å². The molecule has 21 heavy (non-hydrogen) atoms. The van der Waals surface area contributed by atoms with Crippen LogP contribution in [0.1, 0.15) is 23.3 Å². The Morgan fingerprint density at radius 3 is 2.90 bits per heavy atom. The fourth-order valence-electron chi connectivity index (χ4n) is 2.78. The van der Waals surface area contributed by atoms with Crippen molar-refractivity contribution in [3.8, 4) is 0 Å². The van der Waals surface area contributed by atoms with Crippen LogP contribution >= 0.6 is 11.3 Å². The third-order valence-corrected chi connectivity index (χ3v) is 4.60. The van der Waals surface area contributed by atoms with Gasteiger partial charge in [-0.2, -0.15) is 0 Å². The molecule has 1 aromatic carbocycles. The smallest absolute Gasteiger partial charge is 0.123 e. The number of hydrogen-bond donors (Lipinski definition) is 0. The molecule has 0 aliphatic carbocycles. The number of hydrogen-bond acceptors (Lipinski definition) is 3. The van der Waals surface area contributed by atoms with Gasteiger partial charge in [-0.15, -0.1) is 11.3 Å². The first-order chi connectivity index (χ1) is 10.3. The van der Waals surface area contributed by atoms with Crippen LogP contribution in [0.2, 0.25) is 0 Å². The highest BCUT2D eigenvalue weighted by atomic mass is 32.1. The van der Waals surface area contributed by atoms with E-state index in [1.807, 2.05) is 6.07 Å². The molecule has 1 unspecified atom stereocenters. The van der Waals surface area contributed by atoms with Crippen LogP contribution in [-0.2, 0) is 17.8 Å². The lowest BCUT2D eigenvalue weighted by molar-refractivity contribution is 0.0682. The van der Waals surface area contributed by atoms with Gasteiger partial charge in [0.05, 0.1) is 6.10 Å². The van der Waals surface area contributed by atoms with Crippen molar-refractivity contribution < 1.29 is 9.13 Å². The predicted molar refractivity (Wildman–Crippen MR) is 83.8 cm³/mol. The summed E-state index contributed by atoms with van der Waals surface area (Å²) in [5.74, 6) is -0.166. The zero-order valence-corrected chi connectivity index (χ0v) is 12.8. The van der Waals surface area contributed by atoms with Crippen LogP contribution in [0.5, 0.6) is 0 Å². The van der Waals surface area contributed by atoms with Crippen molar-refractivity contribution in [3.05, 3.63) is 58.0 Å². The first-order valence-electron chi connectivity index (χ1n) is 7.40. The molecule has 1 atom stereocenters. The molecule has 1 saturated heterocycles. The Balaban J connectivity index is 1.68. The maximum atomic E-state index is 13.4. The van der Waals surface area contributed by atoms with E-state index in [0.29, 0.717) is 6.10 Å². The zero-order chi connectivity index (χ0) is 14.5. The topological polar surface area (TPSA) is 12.5 Å². The minimum Gasteiger partial charge on any atom is -0.377 e. The molecule has 4 heteroatoms. The van der Waals surface area contributed by atoms with Crippen molar-refractivity contribution in [3.63, 3.8) is 0 Å². The Hall–Kier alpha value is -1.23. The van der Waals surface area contributed by atoms with Gasteiger partial charge in [0.15, 0.2) is 0 Å². The Labute approximate surface area is 129 Å². The second kappa shape index (κ2) is 7.16. The average molecular weight is 305 g/mol. The largest absolute Gasteiger partial charge is 0.377 e. The van der Waals surface area contributed by atoms with Gasteiger partial charge in [0.1, 0.15) is 5.82 Å². The Morgan fingerprint density at radius 1 is 1.24 bits per heavy atom. The van der Waals surface area contributed by atoms with Gasteiger partial charge in [-0.05, 0) is 42.0 Å². The maximum Gasteiger partial charge on any atom is 0.123 e. The third kappa shape index (κ3) is 4.37. The van der Waals surface area contributed by atoms with Crippen LogP contribution in [0, 0.1) is 5.82 Å². The Bertz CT molecular complexity index is 552. The summed E-state index contributed by atoms with van der Waals surface area (Å²) >= 11 is 1.77. The van der Waals surface area contributed by atoms with E-state index in [4.69, 9.17) is 4.74 Å². The first-order valence-corrected chi connectivity index (χ1v) is 8.28. The second-order valence-corrected chi connectivity index (χ2v) is 6.55. The Kier molecular flexibility index (Phi) is 5.01. The minimum absolute atomic E-state index is 0.166. The molecule has 2 heterocycles. The fourth-order valence-corrected chi connectivity index (χ4v) is 3.52. The highest BCUT2D eigenvalue weighted by Gasteiger charge is 2.20. The number of halogens is 1. The summed E-state index contributed by atoms with van der Waals surface area (Å²) in [4.78, 5) is 3.70. The zero-order valence-electron chi connectivity index (χ0n) is 12.0. The molecule has 112 valence electrons. The van der Waals surface area contributed by atoms with Gasteiger partial charge >= 0.3 is 0 Å². The van der Waals surface area contributed by atoms with Gasteiger partial charge < -0.3 is 4.74 Å². The van der Waals surface area contributed by atoms with Crippen LogP contribution < -0.4 is 0 Å². The molecule has 1 aliphatic heterocycles. The van der Waals surface area contributed by atoms with Crippen molar-refractivity contribution >= 4 is 11.3 Å². The summed E-state index contributed by atoms with van der Waals surface area (Å²) in [6, 6.07) is 11.1. The van der Waals surface area contributed by atoms with Crippen molar-refractivity contribution in [2.24, 2.45) is 0 Å². The number of benzene rings is 1. The molecule has 0 spiro atoms. The molecule has 2 nitrogen and oxygen atoms in total. The maximum absolute atomic E-state index is 13.4. The molecule has 3 rings (SSSR count). The van der Waals surface area contributed by atoms with Gasteiger partial charge in [0, 0.05) is 31.1 Å². The molecule has 0 saturated carbocycles.